The number of hydrogen-bond donors (Lipinski definition) is 1. The third-order valence-corrected chi connectivity index (χ3v) is 6.21. The van der Waals surface area contributed by atoms with Gasteiger partial charge in [0.25, 0.3) is 5.91 Å². The van der Waals surface area contributed by atoms with E-state index in [9.17, 15) is 4.79 Å². The number of fused-ring (bicyclic) bond motifs is 1. The first-order valence-corrected chi connectivity index (χ1v) is 12.1. The maximum Gasteiger partial charge on any atom is 0.283 e. The number of rotatable bonds is 8. The molecule has 0 spiro atoms. The summed E-state index contributed by atoms with van der Waals surface area (Å²) < 4.78 is 21.0. The topological polar surface area (TPSA) is 96.6 Å². The van der Waals surface area contributed by atoms with Crippen molar-refractivity contribution in [3.63, 3.8) is 0 Å². The predicted octanol–water partition coefficient (Wildman–Crippen LogP) is 4.48. The van der Waals surface area contributed by atoms with Crippen LogP contribution in [0.2, 0.25) is 0 Å². The van der Waals surface area contributed by atoms with Crippen molar-refractivity contribution in [1.82, 2.24) is 4.90 Å². The molecule has 0 fully saturated rings. The highest BCUT2D eigenvalue weighted by Crippen LogP contribution is 2.31. The van der Waals surface area contributed by atoms with Gasteiger partial charge >= 0.3 is 0 Å². The van der Waals surface area contributed by atoms with Gasteiger partial charge in [-0.2, -0.15) is 9.39 Å². The Morgan fingerprint density at radius 3 is 2.55 bits per heavy atom. The van der Waals surface area contributed by atoms with Crippen LogP contribution in [0.1, 0.15) is 12.0 Å². The number of carbonyl (C=O) groups excluding carboxylic acids is 1. The molecule has 33 heavy (non-hydrogen) atoms. The van der Waals surface area contributed by atoms with Gasteiger partial charge in [-0.15, -0.1) is 0 Å². The Morgan fingerprint density at radius 1 is 1.09 bits per heavy atom. The summed E-state index contributed by atoms with van der Waals surface area (Å²) in [4.78, 5) is 18.1. The highest BCUT2D eigenvalue weighted by Gasteiger charge is 2.36. The Balaban J connectivity index is 1.31. The molecular weight excluding hydrogens is 460 g/mol. The van der Waals surface area contributed by atoms with E-state index in [2.05, 4.69) is 9.39 Å². The van der Waals surface area contributed by atoms with Gasteiger partial charge in [-0.25, -0.2) is 4.90 Å². The average molecular weight is 483 g/mol. The summed E-state index contributed by atoms with van der Waals surface area (Å²) in [5.74, 6) is 1.77. The molecule has 2 heterocycles. The van der Waals surface area contributed by atoms with Crippen LogP contribution in [-0.4, -0.2) is 53.6 Å². The van der Waals surface area contributed by atoms with Gasteiger partial charge < -0.3 is 14.2 Å². The molecule has 0 aromatic heterocycles. The van der Waals surface area contributed by atoms with E-state index >= 15 is 0 Å². The quantitative estimate of drug-likeness (QED) is 0.337. The van der Waals surface area contributed by atoms with Gasteiger partial charge in [-0.05, 0) is 42.2 Å². The molecule has 8 nitrogen and oxygen atoms in total. The first kappa shape index (κ1) is 22.9. The second kappa shape index (κ2) is 10.6. The van der Waals surface area contributed by atoms with Crippen molar-refractivity contribution >= 4 is 51.9 Å². The highest BCUT2D eigenvalue weighted by atomic mass is 32.2. The number of para-hydroxylation sites is 2. The maximum absolute atomic E-state index is 12.4. The maximum atomic E-state index is 12.4. The van der Waals surface area contributed by atoms with Gasteiger partial charge in [0.05, 0.1) is 37.8 Å². The molecule has 2 aromatic carbocycles. The summed E-state index contributed by atoms with van der Waals surface area (Å²) in [6.07, 6.45) is 4.25. The minimum absolute atomic E-state index is 0.0819. The number of benzene rings is 2. The number of nitrogens with one attached hydrogen (secondary N) is 1. The van der Waals surface area contributed by atoms with Gasteiger partial charge in [-0.3, -0.25) is 10.2 Å². The third-order valence-electron chi connectivity index (χ3n) is 4.75. The summed E-state index contributed by atoms with van der Waals surface area (Å²) in [5.41, 5.74) is 1.01. The van der Waals surface area contributed by atoms with Crippen LogP contribution in [0.25, 0.3) is 6.08 Å². The van der Waals surface area contributed by atoms with Gasteiger partial charge in [-0.1, -0.05) is 36.0 Å². The number of amides is 1. The molecule has 2 aliphatic heterocycles. The number of nitrogens with zero attached hydrogens (tertiary/aromatic N) is 3. The van der Waals surface area contributed by atoms with Crippen molar-refractivity contribution in [1.29, 1.82) is 5.41 Å². The number of methoxy groups -OCH3 is 1. The molecule has 0 radical (unpaired) electrons. The zero-order valence-corrected chi connectivity index (χ0v) is 19.7. The lowest BCUT2D eigenvalue weighted by atomic mass is 10.1. The first-order valence-electron chi connectivity index (χ1n) is 10.1. The summed E-state index contributed by atoms with van der Waals surface area (Å²) in [5, 5.41) is 9.51. The van der Waals surface area contributed by atoms with Crippen molar-refractivity contribution < 1.29 is 19.0 Å². The number of amidine groups is 3. The average Bonchev–Trinajstić information content (AvgIpc) is 3.25. The van der Waals surface area contributed by atoms with Crippen molar-refractivity contribution in [3.05, 3.63) is 59.7 Å². The van der Waals surface area contributed by atoms with E-state index < -0.39 is 5.91 Å². The molecule has 10 heteroatoms. The fourth-order valence-corrected chi connectivity index (χ4v) is 4.58. The van der Waals surface area contributed by atoms with Crippen LogP contribution in [0.5, 0.6) is 17.2 Å². The van der Waals surface area contributed by atoms with Crippen molar-refractivity contribution in [2.75, 3.05) is 26.6 Å². The molecule has 4 rings (SSSR count). The zero-order chi connectivity index (χ0) is 23.2. The van der Waals surface area contributed by atoms with Crippen LogP contribution >= 0.6 is 23.7 Å². The number of ether oxygens (including phenoxy) is 3. The smallest absolute Gasteiger partial charge is 0.283 e. The molecule has 1 amide bonds. The Hall–Kier alpha value is -3.24. The highest BCUT2D eigenvalue weighted by molar-refractivity contribution is 8.18. The molecule has 0 bridgehead atoms. The zero-order valence-electron chi connectivity index (χ0n) is 18.1. The minimum atomic E-state index is -0.438. The van der Waals surface area contributed by atoms with Crippen molar-refractivity contribution in [2.24, 2.45) is 9.39 Å². The molecule has 0 saturated carbocycles. The minimum Gasteiger partial charge on any atom is -0.493 e. The fourth-order valence-electron chi connectivity index (χ4n) is 3.13. The number of aliphatic imine (C=N–C) groups is 1. The predicted molar refractivity (Wildman–Crippen MR) is 134 cm³/mol. The molecule has 0 saturated heterocycles. The van der Waals surface area contributed by atoms with E-state index in [-0.39, 0.29) is 11.4 Å². The molecule has 0 aliphatic carbocycles. The second-order valence-electron chi connectivity index (χ2n) is 6.88. The lowest BCUT2D eigenvalue weighted by Gasteiger charge is -2.23. The van der Waals surface area contributed by atoms with E-state index in [1.165, 1.54) is 11.8 Å². The van der Waals surface area contributed by atoms with Crippen LogP contribution in [0, 0.1) is 5.41 Å². The van der Waals surface area contributed by atoms with Crippen LogP contribution in [-0.2, 0) is 4.79 Å². The monoisotopic (exact) mass is 482 g/mol. The van der Waals surface area contributed by atoms with Crippen LogP contribution in [0.3, 0.4) is 0 Å². The lowest BCUT2D eigenvalue weighted by Crippen LogP contribution is -2.41. The number of carbonyl (C=O) groups is 1. The lowest BCUT2D eigenvalue weighted by molar-refractivity contribution is -0.114. The standard InChI is InChI=1S/C23H22N4O4S2/c1-29-18-6-3-4-7-19(18)31-13-5-12-30-16-10-8-15(9-11-16)14-17-20(24)27-22(25-21(17)28)33-26-23(27)32-2/h3-4,6-11,14,24H,5,12-13H2,1-2H3/b17-14-,24-20?. The summed E-state index contributed by atoms with van der Waals surface area (Å²) in [7, 11) is 1.61. The van der Waals surface area contributed by atoms with Crippen LogP contribution in [0.15, 0.2) is 63.5 Å². The first-order chi connectivity index (χ1) is 16.1. The van der Waals surface area contributed by atoms with E-state index in [0.717, 1.165) is 17.5 Å². The van der Waals surface area contributed by atoms with Gasteiger partial charge in [0.1, 0.15) is 11.6 Å². The molecule has 0 unspecified atom stereocenters. The van der Waals surface area contributed by atoms with Gasteiger partial charge in [0, 0.05) is 6.42 Å². The third kappa shape index (κ3) is 5.23. The summed E-state index contributed by atoms with van der Waals surface area (Å²) in [6.45, 7) is 1.01. The largest absolute Gasteiger partial charge is 0.493 e. The van der Waals surface area contributed by atoms with E-state index in [1.54, 1.807) is 18.1 Å². The second-order valence-corrected chi connectivity index (χ2v) is 8.38. The molecule has 170 valence electrons. The Labute approximate surface area is 200 Å². The summed E-state index contributed by atoms with van der Waals surface area (Å²) >= 11 is 2.52. The Kier molecular flexibility index (Phi) is 7.36. The molecule has 0 atom stereocenters. The van der Waals surface area contributed by atoms with Crippen LogP contribution < -0.4 is 14.2 Å². The number of hydrogen-bond acceptors (Lipinski definition) is 8. The van der Waals surface area contributed by atoms with Crippen LogP contribution in [0.4, 0.5) is 0 Å². The number of thioether (sulfide) groups is 1. The Bertz CT molecular complexity index is 1150. The summed E-state index contributed by atoms with van der Waals surface area (Å²) in [6, 6.07) is 14.9. The van der Waals surface area contributed by atoms with Crippen molar-refractivity contribution in [3.8, 4) is 17.2 Å². The van der Waals surface area contributed by atoms with Crippen molar-refractivity contribution in [2.45, 2.75) is 6.42 Å². The molecular formula is C23H22N4O4S2. The normalized spacial score (nSPS) is 16.4. The molecule has 2 aliphatic rings. The van der Waals surface area contributed by atoms with E-state index in [0.29, 0.717) is 47.2 Å². The fraction of sp³-hybridized carbons (Fsp3) is 0.217. The van der Waals surface area contributed by atoms with Gasteiger partial charge in [0.15, 0.2) is 16.7 Å². The molecule has 2 aromatic rings. The van der Waals surface area contributed by atoms with Gasteiger partial charge in [0.2, 0.25) is 5.17 Å². The Morgan fingerprint density at radius 2 is 1.82 bits per heavy atom. The van der Waals surface area contributed by atoms with E-state index in [4.69, 9.17) is 19.6 Å². The van der Waals surface area contributed by atoms with E-state index in [1.807, 2.05) is 54.8 Å². The molecule has 1 N–H and O–H groups in total. The SMILES string of the molecule is COc1ccccc1OCCCOc1ccc(/C=C2/C(=N)N3C(SC)=NSC3=NC2=O)cc1.